The number of alkyl carbamates (subject to hydrolysis) is 1. The Kier molecular flexibility index (Phi) is 48.0. The highest BCUT2D eigenvalue weighted by molar-refractivity contribution is 5.81. The van der Waals surface area contributed by atoms with Crippen LogP contribution in [0.4, 0.5) is 4.79 Å². The van der Waals surface area contributed by atoms with Crippen LogP contribution in [-0.4, -0.2) is 80.9 Å². The first kappa shape index (κ1) is 66.2. The maximum Gasteiger partial charge on any atom is 0.407 e. The summed E-state index contributed by atoms with van der Waals surface area (Å²) >= 11 is 0. The molecule has 0 unspecified atom stereocenters. The van der Waals surface area contributed by atoms with Crippen molar-refractivity contribution in [1.29, 1.82) is 0 Å². The number of nitrogens with zero attached hydrogens (tertiary/aromatic N) is 1. The van der Waals surface area contributed by atoms with Crippen molar-refractivity contribution in [1.82, 2.24) is 10.2 Å². The minimum Gasteiger partial charge on any atom is -0.465 e. The lowest BCUT2D eigenvalue weighted by Gasteiger charge is -2.31. The fraction of sp³-hybridized carbons (Fsp3) is 0.914. The lowest BCUT2D eigenvalue weighted by molar-refractivity contribution is -0.166. The van der Waals surface area contributed by atoms with Crippen LogP contribution < -0.4 is 5.32 Å². The van der Waals surface area contributed by atoms with Gasteiger partial charge in [-0.3, -0.25) is 19.2 Å². The van der Waals surface area contributed by atoms with Crippen molar-refractivity contribution in [2.75, 3.05) is 46.1 Å². The Morgan fingerprint density at radius 1 is 0.333 bits per heavy atom. The van der Waals surface area contributed by atoms with Crippen LogP contribution in [0.5, 0.6) is 0 Å². The molecule has 0 aliphatic heterocycles. The van der Waals surface area contributed by atoms with Crippen molar-refractivity contribution < 1.29 is 42.9 Å². The molecule has 0 rings (SSSR count). The maximum atomic E-state index is 13.8. The third kappa shape index (κ3) is 43.7. The van der Waals surface area contributed by atoms with Crippen LogP contribution in [0.3, 0.4) is 0 Å². The fourth-order valence-corrected chi connectivity index (χ4v) is 8.57. The van der Waals surface area contributed by atoms with Gasteiger partial charge in [-0.1, -0.05) is 234 Å². The predicted octanol–water partition coefficient (Wildman–Crippen LogP) is 15.9. The number of carbonyl (C=O) groups excluding carboxylic acids is 5. The monoisotopic (exact) mass is 979 g/mol. The molecule has 0 saturated heterocycles. The molecule has 1 N–H and O–H groups in total. The van der Waals surface area contributed by atoms with Crippen LogP contribution in [0.25, 0.3) is 0 Å². The molecule has 0 spiro atoms. The second-order valence-electron chi connectivity index (χ2n) is 20.3. The van der Waals surface area contributed by atoms with E-state index in [0.717, 1.165) is 64.2 Å². The molecule has 11 nitrogen and oxygen atoms in total. The maximum absolute atomic E-state index is 13.8. The molecule has 69 heavy (non-hydrogen) atoms. The zero-order chi connectivity index (χ0) is 50.7. The first-order valence-electron chi connectivity index (χ1n) is 29.3. The Morgan fingerprint density at radius 2 is 0.623 bits per heavy atom. The molecule has 0 aromatic rings. The molecule has 0 aliphatic carbocycles. The first-order valence-corrected chi connectivity index (χ1v) is 29.3. The number of rotatable bonds is 52. The molecule has 0 aliphatic rings. The van der Waals surface area contributed by atoms with Crippen molar-refractivity contribution in [3.8, 4) is 0 Å². The summed E-state index contributed by atoms with van der Waals surface area (Å²) in [5, 5.41) is 2.72. The van der Waals surface area contributed by atoms with Crippen LogP contribution in [0.15, 0.2) is 0 Å². The fourth-order valence-electron chi connectivity index (χ4n) is 8.57. The van der Waals surface area contributed by atoms with Crippen LogP contribution >= 0.6 is 0 Å². The highest BCUT2D eigenvalue weighted by Crippen LogP contribution is 2.23. The van der Waals surface area contributed by atoms with Crippen molar-refractivity contribution in [3.63, 3.8) is 0 Å². The minimum atomic E-state index is -1.34. The van der Waals surface area contributed by atoms with Crippen molar-refractivity contribution in [3.05, 3.63) is 0 Å². The van der Waals surface area contributed by atoms with Gasteiger partial charge in [-0.2, -0.15) is 0 Å². The Balaban J connectivity index is 5.48. The summed E-state index contributed by atoms with van der Waals surface area (Å²) in [6.45, 7) is 11.3. The van der Waals surface area contributed by atoms with E-state index in [1.165, 1.54) is 154 Å². The highest BCUT2D eigenvalue weighted by Gasteiger charge is 2.38. The molecule has 0 bridgehead atoms. The number of amides is 2. The molecular formula is C58H110N2O9. The normalized spacial score (nSPS) is 11.4. The summed E-state index contributed by atoms with van der Waals surface area (Å²) in [7, 11) is 0. The Hall–Kier alpha value is -2.85. The van der Waals surface area contributed by atoms with E-state index in [4.69, 9.17) is 18.9 Å². The van der Waals surface area contributed by atoms with E-state index in [1.54, 1.807) is 0 Å². The molecule has 0 saturated carbocycles. The predicted molar refractivity (Wildman–Crippen MR) is 284 cm³/mol. The van der Waals surface area contributed by atoms with Crippen molar-refractivity contribution in [2.45, 2.75) is 291 Å². The average molecular weight is 980 g/mol. The summed E-state index contributed by atoms with van der Waals surface area (Å²) < 4.78 is 22.8. The molecular weight excluding hydrogens is 869 g/mol. The standard InChI is InChI=1S/C58H110N2O9/c1-6-11-16-18-20-22-24-26-28-30-32-34-36-40-47-60(48-41-37-35-33-31-29-27-25-23-21-19-17-12-7-2)53(61)44-45-56(64)68-51-58(49-66-54(62)42-38-13-8-3,50-67-55(63)43-39-14-9-4)52-69-57(65)59-46-15-10-5/h6-52H2,1-5H3,(H,59,65). The number of unbranched alkanes of at least 4 members (excludes halogenated alkanes) is 31. The van der Waals surface area contributed by atoms with Gasteiger partial charge in [0, 0.05) is 38.9 Å². The van der Waals surface area contributed by atoms with E-state index >= 15 is 0 Å². The van der Waals surface area contributed by atoms with Crippen LogP contribution in [0.2, 0.25) is 0 Å². The summed E-state index contributed by atoms with van der Waals surface area (Å²) in [4.78, 5) is 67.5. The third-order valence-electron chi connectivity index (χ3n) is 13.4. The quantitative estimate of drug-likeness (QED) is 0.0359. The number of esters is 3. The number of nitrogens with one attached hydrogen (secondary N) is 1. The molecule has 406 valence electrons. The van der Waals surface area contributed by atoms with Gasteiger partial charge in [0.05, 0.1) is 6.42 Å². The van der Waals surface area contributed by atoms with Crippen molar-refractivity contribution in [2.24, 2.45) is 5.41 Å². The third-order valence-corrected chi connectivity index (χ3v) is 13.4. The summed E-state index contributed by atoms with van der Waals surface area (Å²) in [5.74, 6) is -1.48. The zero-order valence-corrected chi connectivity index (χ0v) is 45.9. The van der Waals surface area contributed by atoms with E-state index in [1.807, 2.05) is 11.8 Å². The SMILES string of the molecule is CCCCCCCCCCCCCCCCN(CCCCCCCCCCCCCCCC)C(=O)CCC(=O)OCC(COC(=O)CCCCC)(COC(=O)CCCCC)COC(=O)NCCCC. The van der Waals surface area contributed by atoms with Crippen molar-refractivity contribution >= 4 is 29.9 Å². The van der Waals surface area contributed by atoms with Crippen LogP contribution in [0.1, 0.15) is 291 Å². The van der Waals surface area contributed by atoms with E-state index in [0.29, 0.717) is 32.5 Å². The molecule has 0 aromatic heterocycles. The largest absolute Gasteiger partial charge is 0.465 e. The second kappa shape index (κ2) is 50.1. The molecule has 0 aromatic carbocycles. The first-order chi connectivity index (χ1) is 33.7. The smallest absolute Gasteiger partial charge is 0.407 e. The minimum absolute atomic E-state index is 0.0260. The van der Waals surface area contributed by atoms with E-state index < -0.39 is 29.4 Å². The Morgan fingerprint density at radius 3 is 0.971 bits per heavy atom. The molecule has 0 fully saturated rings. The van der Waals surface area contributed by atoms with E-state index in [-0.39, 0.29) is 58.0 Å². The molecule has 0 radical (unpaired) electrons. The van der Waals surface area contributed by atoms with Gasteiger partial charge in [0.1, 0.15) is 31.8 Å². The second-order valence-corrected chi connectivity index (χ2v) is 20.3. The van der Waals surface area contributed by atoms with E-state index in [2.05, 4.69) is 33.0 Å². The lowest BCUT2D eigenvalue weighted by atomic mass is 9.92. The Labute approximate surface area is 424 Å². The van der Waals surface area contributed by atoms with Gasteiger partial charge in [-0.05, 0) is 32.1 Å². The molecule has 0 atom stereocenters. The highest BCUT2D eigenvalue weighted by atomic mass is 16.6. The average Bonchev–Trinajstić information content (AvgIpc) is 3.34. The van der Waals surface area contributed by atoms with Gasteiger partial charge < -0.3 is 29.2 Å². The number of hydrogen-bond acceptors (Lipinski definition) is 9. The van der Waals surface area contributed by atoms with E-state index in [9.17, 15) is 24.0 Å². The van der Waals surface area contributed by atoms with Gasteiger partial charge >= 0.3 is 24.0 Å². The topological polar surface area (TPSA) is 138 Å². The van der Waals surface area contributed by atoms with Gasteiger partial charge in [0.15, 0.2) is 0 Å². The van der Waals surface area contributed by atoms with Crippen LogP contribution in [-0.2, 0) is 38.1 Å². The molecule has 2 amide bonds. The number of ether oxygens (including phenoxy) is 4. The van der Waals surface area contributed by atoms with Gasteiger partial charge in [-0.15, -0.1) is 0 Å². The van der Waals surface area contributed by atoms with Gasteiger partial charge in [-0.25, -0.2) is 4.79 Å². The lowest BCUT2D eigenvalue weighted by Crippen LogP contribution is -2.45. The summed E-state index contributed by atoms with van der Waals surface area (Å²) in [6.07, 6.45) is 42.2. The zero-order valence-electron chi connectivity index (χ0n) is 45.9. The summed E-state index contributed by atoms with van der Waals surface area (Å²) in [5.41, 5.74) is -1.34. The number of hydrogen-bond donors (Lipinski definition) is 1. The van der Waals surface area contributed by atoms with Crippen LogP contribution in [0, 0.1) is 5.41 Å². The Bertz CT molecular complexity index is 1120. The van der Waals surface area contributed by atoms with Gasteiger partial charge in [0.2, 0.25) is 5.91 Å². The number of carbonyl (C=O) groups is 5. The molecule has 0 heterocycles. The van der Waals surface area contributed by atoms with Gasteiger partial charge in [0.25, 0.3) is 0 Å². The summed E-state index contributed by atoms with van der Waals surface area (Å²) in [6, 6.07) is 0. The molecule has 11 heteroatoms.